The van der Waals surface area contributed by atoms with E-state index in [4.69, 9.17) is 28.2 Å². The molecular weight excluding hydrogens is 381 g/mol. The summed E-state index contributed by atoms with van der Waals surface area (Å²) in [6.07, 6.45) is 5.76. The van der Waals surface area contributed by atoms with Crippen LogP contribution in [0.15, 0.2) is 42.5 Å². The molecule has 0 saturated heterocycles. The lowest BCUT2D eigenvalue weighted by molar-refractivity contribution is -0.122. The number of amides is 1. The molecule has 140 valence electrons. The molecule has 4 nitrogen and oxygen atoms in total. The maximum absolute atomic E-state index is 12.7. The second-order valence-corrected chi connectivity index (χ2v) is 7.88. The number of imidazole rings is 1. The van der Waals surface area contributed by atoms with Gasteiger partial charge in [-0.15, -0.1) is 0 Å². The van der Waals surface area contributed by atoms with E-state index >= 15 is 0 Å². The molecule has 0 spiro atoms. The SMILES string of the molecule is O=C(Cn1c(-c2ccc(Cl)cc2Cl)nc2ccccc21)NC1CCCCC1. The van der Waals surface area contributed by atoms with Crippen molar-refractivity contribution >= 4 is 40.1 Å². The largest absolute Gasteiger partial charge is 0.352 e. The molecular formula is C21H21Cl2N3O. The lowest BCUT2D eigenvalue weighted by atomic mass is 9.95. The highest BCUT2D eigenvalue weighted by Crippen LogP contribution is 2.32. The van der Waals surface area contributed by atoms with Crippen LogP contribution in [0.5, 0.6) is 0 Å². The van der Waals surface area contributed by atoms with Gasteiger partial charge in [0.25, 0.3) is 0 Å². The standard InChI is InChI=1S/C21H21Cl2N3O/c22-14-10-11-16(17(23)12-14)21-25-18-8-4-5-9-19(18)26(21)13-20(27)24-15-6-2-1-3-7-15/h4-5,8-12,15H,1-3,6-7,13H2,(H,24,27). The normalized spacial score (nSPS) is 15.2. The van der Waals surface area contributed by atoms with Gasteiger partial charge in [0.2, 0.25) is 5.91 Å². The summed E-state index contributed by atoms with van der Waals surface area (Å²) < 4.78 is 1.93. The summed E-state index contributed by atoms with van der Waals surface area (Å²) in [5, 5.41) is 4.27. The third kappa shape index (κ3) is 3.97. The van der Waals surface area contributed by atoms with Gasteiger partial charge >= 0.3 is 0 Å². The molecule has 2 aromatic carbocycles. The number of nitrogens with one attached hydrogen (secondary N) is 1. The molecule has 0 aliphatic heterocycles. The maximum Gasteiger partial charge on any atom is 0.240 e. The molecule has 1 saturated carbocycles. The molecule has 0 unspecified atom stereocenters. The molecule has 1 fully saturated rings. The first-order valence-electron chi connectivity index (χ1n) is 9.32. The Morgan fingerprint density at radius 3 is 2.67 bits per heavy atom. The van der Waals surface area contributed by atoms with Gasteiger partial charge in [0.15, 0.2) is 0 Å². The minimum absolute atomic E-state index is 0.0105. The Labute approximate surface area is 168 Å². The van der Waals surface area contributed by atoms with Gasteiger partial charge in [-0.05, 0) is 43.2 Å². The van der Waals surface area contributed by atoms with Gasteiger partial charge < -0.3 is 9.88 Å². The Hall–Kier alpha value is -2.04. The molecule has 1 heterocycles. The van der Waals surface area contributed by atoms with Crippen LogP contribution in [0.1, 0.15) is 32.1 Å². The van der Waals surface area contributed by atoms with Gasteiger partial charge in [-0.1, -0.05) is 54.6 Å². The Morgan fingerprint density at radius 2 is 1.89 bits per heavy atom. The molecule has 3 aromatic rings. The van der Waals surface area contributed by atoms with E-state index < -0.39 is 0 Å². The van der Waals surface area contributed by atoms with E-state index in [0.717, 1.165) is 29.4 Å². The molecule has 4 rings (SSSR count). The molecule has 1 amide bonds. The summed E-state index contributed by atoms with van der Waals surface area (Å²) in [5.74, 6) is 0.688. The van der Waals surface area contributed by atoms with Crippen LogP contribution in [-0.2, 0) is 11.3 Å². The van der Waals surface area contributed by atoms with Crippen molar-refractivity contribution in [2.75, 3.05) is 0 Å². The zero-order chi connectivity index (χ0) is 18.8. The van der Waals surface area contributed by atoms with E-state index in [1.807, 2.05) is 34.9 Å². The lowest BCUT2D eigenvalue weighted by Crippen LogP contribution is -2.38. The Kier molecular flexibility index (Phi) is 5.37. The summed E-state index contributed by atoms with van der Waals surface area (Å²) in [4.78, 5) is 17.5. The van der Waals surface area contributed by atoms with Crippen molar-refractivity contribution < 1.29 is 4.79 Å². The summed E-state index contributed by atoms with van der Waals surface area (Å²) in [6, 6.07) is 13.4. The smallest absolute Gasteiger partial charge is 0.240 e. The van der Waals surface area contributed by atoms with Gasteiger partial charge in [-0.25, -0.2) is 4.98 Å². The van der Waals surface area contributed by atoms with Crippen LogP contribution >= 0.6 is 23.2 Å². The average molecular weight is 402 g/mol. The second kappa shape index (κ2) is 7.91. The highest BCUT2D eigenvalue weighted by Gasteiger charge is 2.20. The van der Waals surface area contributed by atoms with Gasteiger partial charge in [-0.2, -0.15) is 0 Å². The van der Waals surface area contributed by atoms with Crippen molar-refractivity contribution in [3.63, 3.8) is 0 Å². The van der Waals surface area contributed by atoms with E-state index in [2.05, 4.69) is 5.32 Å². The Balaban J connectivity index is 1.69. The van der Waals surface area contributed by atoms with Crippen molar-refractivity contribution in [3.05, 3.63) is 52.5 Å². The molecule has 1 aliphatic carbocycles. The number of nitrogens with zero attached hydrogens (tertiary/aromatic N) is 2. The van der Waals surface area contributed by atoms with Crippen molar-refractivity contribution in [2.45, 2.75) is 44.7 Å². The summed E-state index contributed by atoms with van der Waals surface area (Å²) >= 11 is 12.5. The highest BCUT2D eigenvalue weighted by molar-refractivity contribution is 6.36. The number of hydrogen-bond acceptors (Lipinski definition) is 2. The zero-order valence-electron chi connectivity index (χ0n) is 14.9. The number of fused-ring (bicyclic) bond motifs is 1. The van der Waals surface area contributed by atoms with Gasteiger partial charge in [-0.3, -0.25) is 4.79 Å². The van der Waals surface area contributed by atoms with Gasteiger partial charge in [0, 0.05) is 16.6 Å². The minimum atomic E-state index is 0.0105. The van der Waals surface area contributed by atoms with Crippen molar-refractivity contribution in [1.29, 1.82) is 0 Å². The summed E-state index contributed by atoms with van der Waals surface area (Å²) in [7, 11) is 0. The van der Waals surface area contributed by atoms with E-state index in [1.54, 1.807) is 12.1 Å². The first-order chi connectivity index (χ1) is 13.1. The maximum atomic E-state index is 12.7. The molecule has 1 aliphatic rings. The van der Waals surface area contributed by atoms with Crippen molar-refractivity contribution in [2.24, 2.45) is 0 Å². The third-order valence-electron chi connectivity index (χ3n) is 5.10. The number of rotatable bonds is 4. The third-order valence-corrected chi connectivity index (χ3v) is 5.65. The van der Waals surface area contributed by atoms with Crippen LogP contribution in [0.2, 0.25) is 10.0 Å². The van der Waals surface area contributed by atoms with Gasteiger partial charge in [0.1, 0.15) is 12.4 Å². The number of halogens is 2. The van der Waals surface area contributed by atoms with Crippen LogP contribution in [0.3, 0.4) is 0 Å². The van der Waals surface area contributed by atoms with E-state index in [9.17, 15) is 4.79 Å². The molecule has 6 heteroatoms. The summed E-state index contributed by atoms with van der Waals surface area (Å²) in [5.41, 5.74) is 2.52. The number of aromatic nitrogens is 2. The van der Waals surface area contributed by atoms with Crippen molar-refractivity contribution in [1.82, 2.24) is 14.9 Å². The van der Waals surface area contributed by atoms with Crippen LogP contribution in [0.4, 0.5) is 0 Å². The lowest BCUT2D eigenvalue weighted by Gasteiger charge is -2.23. The van der Waals surface area contributed by atoms with Crippen LogP contribution in [0, 0.1) is 0 Å². The Bertz CT molecular complexity index is 977. The molecule has 0 radical (unpaired) electrons. The fourth-order valence-electron chi connectivity index (χ4n) is 3.78. The number of carbonyl (C=O) groups is 1. The van der Waals surface area contributed by atoms with Crippen LogP contribution < -0.4 is 5.32 Å². The van der Waals surface area contributed by atoms with E-state index in [-0.39, 0.29) is 18.5 Å². The second-order valence-electron chi connectivity index (χ2n) is 7.04. The fraction of sp³-hybridized carbons (Fsp3) is 0.333. The number of carbonyl (C=O) groups excluding carboxylic acids is 1. The van der Waals surface area contributed by atoms with E-state index in [1.165, 1.54) is 19.3 Å². The topological polar surface area (TPSA) is 46.9 Å². The van der Waals surface area contributed by atoms with Crippen LogP contribution in [-0.4, -0.2) is 21.5 Å². The molecule has 1 N–H and O–H groups in total. The molecule has 27 heavy (non-hydrogen) atoms. The monoisotopic (exact) mass is 401 g/mol. The highest BCUT2D eigenvalue weighted by atomic mass is 35.5. The predicted octanol–water partition coefficient (Wildman–Crippen LogP) is 5.46. The zero-order valence-corrected chi connectivity index (χ0v) is 16.4. The van der Waals surface area contributed by atoms with Gasteiger partial charge in [0.05, 0.1) is 16.1 Å². The average Bonchev–Trinajstić information content (AvgIpc) is 3.01. The first kappa shape index (κ1) is 18.3. The predicted molar refractivity (Wildman–Crippen MR) is 110 cm³/mol. The number of para-hydroxylation sites is 2. The van der Waals surface area contributed by atoms with Crippen LogP contribution in [0.25, 0.3) is 22.4 Å². The summed E-state index contributed by atoms with van der Waals surface area (Å²) in [6.45, 7) is 0.214. The molecule has 0 atom stereocenters. The molecule has 1 aromatic heterocycles. The first-order valence-corrected chi connectivity index (χ1v) is 10.1. The fourth-order valence-corrected chi connectivity index (χ4v) is 4.27. The molecule has 0 bridgehead atoms. The number of hydrogen-bond donors (Lipinski definition) is 1. The van der Waals surface area contributed by atoms with E-state index in [0.29, 0.717) is 15.9 Å². The van der Waals surface area contributed by atoms with Crippen molar-refractivity contribution in [3.8, 4) is 11.4 Å². The quantitative estimate of drug-likeness (QED) is 0.630. The number of benzene rings is 2. The minimum Gasteiger partial charge on any atom is -0.352 e. The Morgan fingerprint density at radius 1 is 1.11 bits per heavy atom.